The average molecular weight is 302 g/mol. The summed E-state index contributed by atoms with van der Waals surface area (Å²) in [6.07, 6.45) is 0.991. The van der Waals surface area contributed by atoms with Gasteiger partial charge in [0.1, 0.15) is 0 Å². The highest BCUT2D eigenvalue weighted by atomic mass is 35.5. The average Bonchev–Trinajstić information content (AvgIpc) is 2.70. The summed E-state index contributed by atoms with van der Waals surface area (Å²) >= 11 is 5.63. The van der Waals surface area contributed by atoms with Crippen LogP contribution >= 0.6 is 11.6 Å². The number of rotatable bonds is 4. The number of nitrogens with zero attached hydrogens (tertiary/aromatic N) is 1. The molecule has 104 valence electrons. The highest BCUT2D eigenvalue weighted by molar-refractivity contribution is 7.89. The van der Waals surface area contributed by atoms with Crippen LogP contribution in [0.25, 0.3) is 0 Å². The zero-order valence-electron chi connectivity index (χ0n) is 10.7. The predicted molar refractivity (Wildman–Crippen MR) is 73.5 cm³/mol. The summed E-state index contributed by atoms with van der Waals surface area (Å²) < 4.78 is 25.7. The van der Waals surface area contributed by atoms with E-state index < -0.39 is 10.0 Å². The number of carbonyl (C=O) groups excluding carboxylic acids is 1. The Morgan fingerprint density at radius 1 is 1.32 bits per heavy atom. The molecule has 1 unspecified atom stereocenters. The maximum atomic E-state index is 12.3. The minimum atomic E-state index is -3.70. The Morgan fingerprint density at radius 2 is 1.95 bits per heavy atom. The minimum absolute atomic E-state index is 0.0813. The van der Waals surface area contributed by atoms with Crippen LogP contribution in [0, 0.1) is 5.92 Å². The largest absolute Gasteiger partial charge is 0.274 e. The fourth-order valence-corrected chi connectivity index (χ4v) is 3.89. The second-order valence-corrected chi connectivity index (χ2v) is 7.06. The zero-order valence-corrected chi connectivity index (χ0v) is 12.2. The van der Waals surface area contributed by atoms with E-state index in [9.17, 15) is 13.2 Å². The maximum Gasteiger partial charge on any atom is 0.266 e. The van der Waals surface area contributed by atoms with Crippen molar-refractivity contribution in [2.24, 2.45) is 5.92 Å². The monoisotopic (exact) mass is 301 g/mol. The molecule has 0 bridgehead atoms. The summed E-state index contributed by atoms with van der Waals surface area (Å²) in [5, 5.41) is 0. The van der Waals surface area contributed by atoms with Crippen LogP contribution in [-0.4, -0.2) is 31.1 Å². The van der Waals surface area contributed by atoms with Gasteiger partial charge in [-0.1, -0.05) is 19.1 Å². The highest BCUT2D eigenvalue weighted by Gasteiger charge is 2.36. The van der Waals surface area contributed by atoms with Gasteiger partial charge in [-0.25, -0.2) is 12.7 Å². The lowest BCUT2D eigenvalue weighted by Crippen LogP contribution is -2.32. The molecule has 0 aromatic heterocycles. The minimum Gasteiger partial charge on any atom is -0.274 e. The van der Waals surface area contributed by atoms with Crippen LogP contribution in [0.3, 0.4) is 0 Å². The molecule has 1 fully saturated rings. The Bertz CT molecular complexity index is 568. The van der Waals surface area contributed by atoms with E-state index in [1.54, 1.807) is 12.1 Å². The molecular formula is C13H16ClNO3S. The lowest BCUT2D eigenvalue weighted by atomic mass is 10.2. The van der Waals surface area contributed by atoms with Crippen LogP contribution in [-0.2, 0) is 21.2 Å². The fourth-order valence-electron chi connectivity index (χ4n) is 2.15. The van der Waals surface area contributed by atoms with Gasteiger partial charge in [-0.15, -0.1) is 11.6 Å². The molecule has 1 atom stereocenters. The summed E-state index contributed by atoms with van der Waals surface area (Å²) in [5.41, 5.74) is 0.982. The van der Waals surface area contributed by atoms with E-state index in [0.717, 1.165) is 9.87 Å². The van der Waals surface area contributed by atoms with Gasteiger partial charge < -0.3 is 0 Å². The molecule has 0 aliphatic carbocycles. The van der Waals surface area contributed by atoms with E-state index in [4.69, 9.17) is 11.6 Å². The van der Waals surface area contributed by atoms with Crippen LogP contribution in [0.5, 0.6) is 0 Å². The molecular weight excluding hydrogens is 286 g/mol. The van der Waals surface area contributed by atoms with Crippen molar-refractivity contribution in [2.75, 3.05) is 12.4 Å². The third kappa shape index (κ3) is 2.92. The van der Waals surface area contributed by atoms with Crippen LogP contribution in [0.15, 0.2) is 29.2 Å². The Kier molecular flexibility index (Phi) is 4.16. The standard InChI is InChI=1S/C13H16ClNO3S/c1-10-8-13(16)15(9-10)19(17,18)12-4-2-11(3-5-12)6-7-14/h2-5,10H,6-9H2,1H3. The Labute approximate surface area is 118 Å². The van der Waals surface area contributed by atoms with Gasteiger partial charge in [0.05, 0.1) is 4.90 Å². The summed E-state index contributed by atoms with van der Waals surface area (Å²) in [7, 11) is -3.70. The molecule has 19 heavy (non-hydrogen) atoms. The summed E-state index contributed by atoms with van der Waals surface area (Å²) in [5.74, 6) is 0.254. The molecule has 1 aromatic carbocycles. The Balaban J connectivity index is 2.27. The normalized spacial score (nSPS) is 20.0. The van der Waals surface area contributed by atoms with Gasteiger partial charge in [0.15, 0.2) is 0 Å². The van der Waals surface area contributed by atoms with Crippen LogP contribution in [0.1, 0.15) is 18.9 Å². The van der Waals surface area contributed by atoms with E-state index >= 15 is 0 Å². The van der Waals surface area contributed by atoms with E-state index in [2.05, 4.69) is 0 Å². The van der Waals surface area contributed by atoms with E-state index in [0.29, 0.717) is 18.7 Å². The van der Waals surface area contributed by atoms with Crippen LogP contribution in [0.2, 0.25) is 0 Å². The molecule has 1 heterocycles. The lowest BCUT2D eigenvalue weighted by molar-refractivity contribution is -0.123. The second kappa shape index (κ2) is 5.51. The number of amides is 1. The zero-order chi connectivity index (χ0) is 14.0. The molecule has 1 amide bonds. The van der Waals surface area contributed by atoms with Gasteiger partial charge in [-0.3, -0.25) is 4.79 Å². The molecule has 0 spiro atoms. The smallest absolute Gasteiger partial charge is 0.266 e. The quantitative estimate of drug-likeness (QED) is 0.800. The number of alkyl halides is 1. The van der Waals surface area contributed by atoms with Crippen molar-refractivity contribution >= 4 is 27.5 Å². The van der Waals surface area contributed by atoms with E-state index in [1.165, 1.54) is 12.1 Å². The maximum absolute atomic E-state index is 12.3. The third-order valence-electron chi connectivity index (χ3n) is 3.17. The predicted octanol–water partition coefficient (Wildman–Crippen LogP) is 2.03. The molecule has 0 N–H and O–H groups in total. The molecule has 1 aliphatic heterocycles. The van der Waals surface area contributed by atoms with Gasteiger partial charge >= 0.3 is 0 Å². The first kappa shape index (κ1) is 14.3. The molecule has 1 saturated heterocycles. The topological polar surface area (TPSA) is 54.5 Å². The Morgan fingerprint density at radius 3 is 2.42 bits per heavy atom. The lowest BCUT2D eigenvalue weighted by Gasteiger charge is -2.16. The second-order valence-electron chi connectivity index (χ2n) is 4.82. The summed E-state index contributed by atoms with van der Waals surface area (Å²) in [6, 6.07) is 6.54. The van der Waals surface area contributed by atoms with Gasteiger partial charge in [0, 0.05) is 18.8 Å². The third-order valence-corrected chi connectivity index (χ3v) is 5.16. The molecule has 0 saturated carbocycles. The van der Waals surface area contributed by atoms with Crippen LogP contribution in [0.4, 0.5) is 0 Å². The fraction of sp³-hybridized carbons (Fsp3) is 0.462. The van der Waals surface area contributed by atoms with Crippen molar-refractivity contribution in [3.05, 3.63) is 29.8 Å². The molecule has 0 radical (unpaired) electrons. The molecule has 1 aliphatic rings. The highest BCUT2D eigenvalue weighted by Crippen LogP contribution is 2.25. The number of hydrogen-bond donors (Lipinski definition) is 0. The van der Waals surface area contributed by atoms with Gasteiger partial charge in [-0.2, -0.15) is 0 Å². The van der Waals surface area contributed by atoms with Gasteiger partial charge in [0.25, 0.3) is 10.0 Å². The number of carbonyl (C=O) groups is 1. The first-order chi connectivity index (χ1) is 8.95. The Hall–Kier alpha value is -1.07. The van der Waals surface area contributed by atoms with Crippen molar-refractivity contribution < 1.29 is 13.2 Å². The first-order valence-electron chi connectivity index (χ1n) is 6.15. The van der Waals surface area contributed by atoms with Crippen molar-refractivity contribution in [1.82, 2.24) is 4.31 Å². The van der Waals surface area contributed by atoms with Crippen molar-refractivity contribution in [2.45, 2.75) is 24.7 Å². The number of sulfonamides is 1. The van der Waals surface area contributed by atoms with Gasteiger partial charge in [-0.05, 0) is 30.0 Å². The number of benzene rings is 1. The SMILES string of the molecule is CC1CC(=O)N(S(=O)(=O)c2ccc(CCCl)cc2)C1. The summed E-state index contributed by atoms with van der Waals surface area (Å²) in [4.78, 5) is 11.9. The number of aryl methyl sites for hydroxylation is 1. The van der Waals surface area contributed by atoms with Crippen molar-refractivity contribution in [3.8, 4) is 0 Å². The molecule has 2 rings (SSSR count). The number of hydrogen-bond acceptors (Lipinski definition) is 3. The number of halogens is 1. The molecule has 1 aromatic rings. The summed E-state index contributed by atoms with van der Waals surface area (Å²) in [6.45, 7) is 2.14. The van der Waals surface area contributed by atoms with Crippen molar-refractivity contribution in [3.63, 3.8) is 0 Å². The molecule has 6 heteroatoms. The van der Waals surface area contributed by atoms with Crippen LogP contribution < -0.4 is 0 Å². The van der Waals surface area contributed by atoms with E-state index in [-0.39, 0.29) is 23.3 Å². The van der Waals surface area contributed by atoms with Gasteiger partial charge in [0.2, 0.25) is 5.91 Å². The van der Waals surface area contributed by atoms with Crippen molar-refractivity contribution in [1.29, 1.82) is 0 Å². The van der Waals surface area contributed by atoms with E-state index in [1.807, 2.05) is 6.92 Å². The first-order valence-corrected chi connectivity index (χ1v) is 8.13. The molecule has 4 nitrogen and oxygen atoms in total.